The van der Waals surface area contributed by atoms with Crippen molar-refractivity contribution in [1.29, 1.82) is 0 Å². The Morgan fingerprint density at radius 2 is 2.00 bits per heavy atom. The zero-order valence-corrected chi connectivity index (χ0v) is 15.6. The van der Waals surface area contributed by atoms with Crippen molar-refractivity contribution >= 4 is 5.91 Å². The number of carbonyl (C=O) groups excluding carboxylic acids is 1. The van der Waals surface area contributed by atoms with Crippen LogP contribution < -0.4 is 5.32 Å². The molecule has 0 aliphatic heterocycles. The average molecular weight is 343 g/mol. The van der Waals surface area contributed by atoms with Crippen LogP contribution in [0.15, 0.2) is 36.5 Å². The van der Waals surface area contributed by atoms with Gasteiger partial charge in [0, 0.05) is 6.54 Å². The number of nitrogens with zero attached hydrogens (tertiary/aromatic N) is 2. The molecule has 25 heavy (non-hydrogen) atoms. The predicted octanol–water partition coefficient (Wildman–Crippen LogP) is 3.02. The highest BCUT2D eigenvalue weighted by molar-refractivity contribution is 5.95. The zero-order chi connectivity index (χ0) is 18.4. The van der Waals surface area contributed by atoms with Crippen molar-refractivity contribution in [2.75, 3.05) is 6.54 Å². The third-order valence-corrected chi connectivity index (χ3v) is 4.98. The van der Waals surface area contributed by atoms with Gasteiger partial charge in [-0.3, -0.25) is 9.48 Å². The highest BCUT2D eigenvalue weighted by atomic mass is 16.3. The van der Waals surface area contributed by atoms with Crippen LogP contribution in [-0.4, -0.2) is 32.9 Å². The minimum atomic E-state index is -0.920. The van der Waals surface area contributed by atoms with E-state index in [1.54, 1.807) is 13.1 Å². The number of hydrogen-bond donors (Lipinski definition) is 2. The smallest absolute Gasteiger partial charge is 0.254 e. The van der Waals surface area contributed by atoms with E-state index in [9.17, 15) is 9.90 Å². The molecule has 5 heteroatoms. The molecule has 2 unspecified atom stereocenters. The molecule has 1 amide bonds. The van der Waals surface area contributed by atoms with Gasteiger partial charge in [-0.2, -0.15) is 5.10 Å². The molecule has 1 aromatic carbocycles. The molecule has 1 aromatic heterocycles. The van der Waals surface area contributed by atoms with Crippen LogP contribution in [-0.2, 0) is 13.0 Å². The van der Waals surface area contributed by atoms with Gasteiger partial charge in [0.2, 0.25) is 0 Å². The Morgan fingerprint density at radius 3 is 2.60 bits per heavy atom. The first-order valence-corrected chi connectivity index (χ1v) is 8.98. The summed E-state index contributed by atoms with van der Waals surface area (Å²) < 4.78 is 1.87. The predicted molar refractivity (Wildman–Crippen MR) is 99.6 cm³/mol. The molecule has 0 saturated heterocycles. The van der Waals surface area contributed by atoms with Gasteiger partial charge in [0.25, 0.3) is 5.91 Å². The number of carbonyl (C=O) groups is 1. The fourth-order valence-electron chi connectivity index (χ4n) is 2.83. The SMILES string of the molecule is CCc1c(C(=O)NCC(C)(O)C(C)CC)cnn1Cc1ccccc1. The number of benzene rings is 1. The van der Waals surface area contributed by atoms with Crippen LogP contribution in [0.25, 0.3) is 0 Å². The first-order chi connectivity index (χ1) is 11.9. The fourth-order valence-corrected chi connectivity index (χ4v) is 2.83. The van der Waals surface area contributed by atoms with E-state index < -0.39 is 5.60 Å². The van der Waals surface area contributed by atoms with Crippen LogP contribution in [0.4, 0.5) is 0 Å². The van der Waals surface area contributed by atoms with Crippen molar-refractivity contribution in [3.8, 4) is 0 Å². The molecule has 2 atom stereocenters. The van der Waals surface area contributed by atoms with E-state index in [1.807, 2.05) is 55.8 Å². The Labute approximate surface area is 150 Å². The molecule has 136 valence electrons. The van der Waals surface area contributed by atoms with Gasteiger partial charge in [0.05, 0.1) is 29.6 Å². The summed E-state index contributed by atoms with van der Waals surface area (Å²) >= 11 is 0. The second kappa shape index (κ2) is 8.30. The number of aromatic nitrogens is 2. The Bertz CT molecular complexity index is 692. The second-order valence-corrected chi connectivity index (χ2v) is 6.85. The molecule has 1 heterocycles. The third kappa shape index (κ3) is 4.69. The number of aliphatic hydroxyl groups is 1. The molecule has 5 nitrogen and oxygen atoms in total. The number of nitrogens with one attached hydrogen (secondary N) is 1. The van der Waals surface area contributed by atoms with Gasteiger partial charge in [-0.15, -0.1) is 0 Å². The number of rotatable bonds is 8. The van der Waals surface area contributed by atoms with E-state index in [1.165, 1.54) is 0 Å². The van der Waals surface area contributed by atoms with Crippen LogP contribution >= 0.6 is 0 Å². The molecule has 0 aliphatic carbocycles. The monoisotopic (exact) mass is 343 g/mol. The van der Waals surface area contributed by atoms with Crippen molar-refractivity contribution in [3.63, 3.8) is 0 Å². The Hall–Kier alpha value is -2.14. The minimum absolute atomic E-state index is 0.110. The quantitative estimate of drug-likeness (QED) is 0.774. The first kappa shape index (κ1) is 19.2. The van der Waals surface area contributed by atoms with E-state index in [4.69, 9.17) is 0 Å². The minimum Gasteiger partial charge on any atom is -0.388 e. The maximum absolute atomic E-state index is 12.6. The summed E-state index contributed by atoms with van der Waals surface area (Å²) in [6.45, 7) is 8.67. The van der Waals surface area contributed by atoms with Gasteiger partial charge >= 0.3 is 0 Å². The molecule has 0 fully saturated rings. The molecule has 2 rings (SSSR count). The van der Waals surface area contributed by atoms with Crippen molar-refractivity contribution in [1.82, 2.24) is 15.1 Å². The number of hydrogen-bond acceptors (Lipinski definition) is 3. The highest BCUT2D eigenvalue weighted by Gasteiger charge is 2.28. The average Bonchev–Trinajstić information content (AvgIpc) is 3.02. The van der Waals surface area contributed by atoms with Crippen molar-refractivity contribution < 1.29 is 9.90 Å². The molecule has 0 bridgehead atoms. The van der Waals surface area contributed by atoms with Crippen molar-refractivity contribution in [2.45, 2.75) is 52.7 Å². The second-order valence-electron chi connectivity index (χ2n) is 6.85. The lowest BCUT2D eigenvalue weighted by Gasteiger charge is -2.29. The van der Waals surface area contributed by atoms with Gasteiger partial charge in [0.15, 0.2) is 0 Å². The summed E-state index contributed by atoms with van der Waals surface area (Å²) in [5, 5.41) is 17.7. The summed E-state index contributed by atoms with van der Waals surface area (Å²) in [7, 11) is 0. The zero-order valence-electron chi connectivity index (χ0n) is 15.6. The summed E-state index contributed by atoms with van der Waals surface area (Å²) in [4.78, 5) is 12.6. The van der Waals surface area contributed by atoms with E-state index >= 15 is 0 Å². The van der Waals surface area contributed by atoms with Gasteiger partial charge in [0.1, 0.15) is 0 Å². The van der Waals surface area contributed by atoms with Crippen LogP contribution in [0.2, 0.25) is 0 Å². The largest absolute Gasteiger partial charge is 0.388 e. The molecule has 2 aromatic rings. The summed E-state index contributed by atoms with van der Waals surface area (Å²) in [5.41, 5.74) is 1.71. The topological polar surface area (TPSA) is 67.2 Å². The molecule has 0 spiro atoms. The molecular weight excluding hydrogens is 314 g/mol. The molecule has 0 aliphatic rings. The molecule has 0 radical (unpaired) electrons. The third-order valence-electron chi connectivity index (χ3n) is 4.98. The van der Waals surface area contributed by atoms with E-state index in [0.29, 0.717) is 12.1 Å². The normalized spacial score (nSPS) is 14.8. The van der Waals surface area contributed by atoms with Gasteiger partial charge in [-0.05, 0) is 24.8 Å². The lowest BCUT2D eigenvalue weighted by molar-refractivity contribution is 0.00591. The Balaban J connectivity index is 2.10. The lowest BCUT2D eigenvalue weighted by Crippen LogP contribution is -2.45. The molecule has 0 saturated carbocycles. The van der Waals surface area contributed by atoms with E-state index in [2.05, 4.69) is 10.4 Å². The lowest BCUT2D eigenvalue weighted by atomic mass is 9.88. The molecular formula is C20H29N3O2. The fraction of sp³-hybridized carbons (Fsp3) is 0.500. The van der Waals surface area contributed by atoms with Gasteiger partial charge in [-0.1, -0.05) is 57.5 Å². The summed E-state index contributed by atoms with van der Waals surface area (Å²) in [6, 6.07) is 10.1. The van der Waals surface area contributed by atoms with E-state index in [-0.39, 0.29) is 18.4 Å². The first-order valence-electron chi connectivity index (χ1n) is 8.98. The van der Waals surface area contributed by atoms with Gasteiger partial charge in [-0.25, -0.2) is 0 Å². The standard InChI is InChI=1S/C20H29N3O2/c1-5-15(3)20(4,25)14-21-19(24)17-12-22-23(18(17)6-2)13-16-10-8-7-9-11-16/h7-12,15,25H,5-6,13-14H2,1-4H3,(H,21,24). The van der Waals surface area contributed by atoms with Gasteiger partial charge < -0.3 is 10.4 Å². The van der Waals surface area contributed by atoms with Crippen LogP contribution in [0, 0.1) is 5.92 Å². The highest BCUT2D eigenvalue weighted by Crippen LogP contribution is 2.19. The Kier molecular flexibility index (Phi) is 6.37. The maximum Gasteiger partial charge on any atom is 0.254 e. The maximum atomic E-state index is 12.6. The summed E-state index contributed by atoms with van der Waals surface area (Å²) in [6.07, 6.45) is 3.20. The Morgan fingerprint density at radius 1 is 1.32 bits per heavy atom. The van der Waals surface area contributed by atoms with E-state index in [0.717, 1.165) is 24.1 Å². The van der Waals surface area contributed by atoms with Crippen LogP contribution in [0.5, 0.6) is 0 Å². The van der Waals surface area contributed by atoms with Crippen LogP contribution in [0.1, 0.15) is 55.7 Å². The number of amides is 1. The van der Waals surface area contributed by atoms with Crippen molar-refractivity contribution in [2.24, 2.45) is 5.92 Å². The van der Waals surface area contributed by atoms with Crippen molar-refractivity contribution in [3.05, 3.63) is 53.3 Å². The molecule has 2 N–H and O–H groups in total. The van der Waals surface area contributed by atoms with Crippen LogP contribution in [0.3, 0.4) is 0 Å². The summed E-state index contributed by atoms with van der Waals surface area (Å²) in [5.74, 6) is -0.0704.